The average molecular weight is 436 g/mol. The number of amides is 3. The molecule has 1 fully saturated rings. The first-order valence-corrected chi connectivity index (χ1v) is 10.6. The fraction of sp³-hybridized carbons (Fsp3) is 0.652. The maximum Gasteiger partial charge on any atom is 0.317 e. The molecular formula is C23H37N3O5. The van der Waals surface area contributed by atoms with Crippen molar-refractivity contribution >= 4 is 11.9 Å². The Labute approximate surface area is 185 Å². The van der Waals surface area contributed by atoms with E-state index in [-0.39, 0.29) is 29.3 Å². The van der Waals surface area contributed by atoms with Crippen LogP contribution in [-0.2, 0) is 4.79 Å². The Bertz CT molecular complexity index is 763. The smallest absolute Gasteiger partial charge is 0.317 e. The van der Waals surface area contributed by atoms with E-state index in [2.05, 4.69) is 24.5 Å². The summed E-state index contributed by atoms with van der Waals surface area (Å²) in [7, 11) is 4.67. The van der Waals surface area contributed by atoms with Crippen molar-refractivity contribution in [1.82, 2.24) is 15.5 Å². The van der Waals surface area contributed by atoms with Crippen LogP contribution in [0, 0.1) is 11.8 Å². The van der Waals surface area contributed by atoms with Gasteiger partial charge in [-0.3, -0.25) is 4.79 Å². The highest BCUT2D eigenvalue weighted by Gasteiger charge is 2.41. The maximum atomic E-state index is 13.1. The van der Waals surface area contributed by atoms with Gasteiger partial charge in [-0.15, -0.1) is 0 Å². The summed E-state index contributed by atoms with van der Waals surface area (Å²) in [6.45, 7) is 11.3. The lowest BCUT2D eigenvalue weighted by Crippen LogP contribution is -2.48. The minimum absolute atomic E-state index is 0.0569. The number of methoxy groups -OCH3 is 3. The van der Waals surface area contributed by atoms with Crippen LogP contribution in [0.3, 0.4) is 0 Å². The van der Waals surface area contributed by atoms with Crippen molar-refractivity contribution < 1.29 is 23.8 Å². The van der Waals surface area contributed by atoms with Gasteiger partial charge >= 0.3 is 6.03 Å². The van der Waals surface area contributed by atoms with Gasteiger partial charge in [-0.05, 0) is 44.4 Å². The van der Waals surface area contributed by atoms with Crippen molar-refractivity contribution in [3.05, 3.63) is 17.7 Å². The van der Waals surface area contributed by atoms with E-state index in [1.54, 1.807) is 26.2 Å². The summed E-state index contributed by atoms with van der Waals surface area (Å²) in [5.41, 5.74) is 0.502. The third kappa shape index (κ3) is 6.18. The summed E-state index contributed by atoms with van der Waals surface area (Å²) in [5.74, 6) is 1.24. The number of carbonyl (C=O) groups is 2. The van der Waals surface area contributed by atoms with Crippen molar-refractivity contribution in [2.24, 2.45) is 11.8 Å². The molecule has 2 rings (SSSR count). The topological polar surface area (TPSA) is 89.1 Å². The van der Waals surface area contributed by atoms with Crippen LogP contribution in [0.25, 0.3) is 0 Å². The Kier molecular flexibility index (Phi) is 8.03. The van der Waals surface area contributed by atoms with Crippen LogP contribution in [-0.4, -0.2) is 63.3 Å². The molecule has 1 aromatic carbocycles. The normalized spacial score (nSPS) is 18.7. The van der Waals surface area contributed by atoms with Crippen molar-refractivity contribution in [2.45, 2.75) is 46.1 Å². The molecule has 0 aromatic heterocycles. The number of rotatable bonds is 7. The molecule has 8 nitrogen and oxygen atoms in total. The molecule has 31 heavy (non-hydrogen) atoms. The van der Waals surface area contributed by atoms with Crippen LogP contribution in [0.2, 0.25) is 0 Å². The molecule has 2 N–H and O–H groups in total. The van der Waals surface area contributed by atoms with Crippen molar-refractivity contribution in [3.63, 3.8) is 0 Å². The molecule has 0 radical (unpaired) electrons. The third-order valence-electron chi connectivity index (χ3n) is 5.23. The van der Waals surface area contributed by atoms with Crippen LogP contribution in [0.4, 0.5) is 4.79 Å². The SMILES string of the molecule is COc1cc([C@@H]2CN(C(=O)NC(C)(C)C)C[C@H]2C(=O)NCC(C)C)cc(OC)c1OC. The van der Waals surface area contributed by atoms with E-state index in [9.17, 15) is 9.59 Å². The highest BCUT2D eigenvalue weighted by molar-refractivity contribution is 5.83. The van der Waals surface area contributed by atoms with Crippen LogP contribution in [0.15, 0.2) is 12.1 Å². The van der Waals surface area contributed by atoms with Crippen LogP contribution < -0.4 is 24.8 Å². The zero-order chi connectivity index (χ0) is 23.3. The van der Waals surface area contributed by atoms with Gasteiger partial charge in [0.2, 0.25) is 11.7 Å². The molecule has 1 heterocycles. The summed E-state index contributed by atoms with van der Waals surface area (Å²) in [5, 5.41) is 6.02. The first kappa shape index (κ1) is 24.6. The van der Waals surface area contributed by atoms with Crippen molar-refractivity contribution in [1.29, 1.82) is 0 Å². The van der Waals surface area contributed by atoms with Crippen LogP contribution in [0.1, 0.15) is 46.1 Å². The maximum absolute atomic E-state index is 13.1. The summed E-state index contributed by atoms with van der Waals surface area (Å²) in [6, 6.07) is 3.55. The van der Waals surface area contributed by atoms with Gasteiger partial charge in [0.25, 0.3) is 0 Å². The zero-order valence-corrected chi connectivity index (χ0v) is 20.0. The molecule has 0 aliphatic carbocycles. The Morgan fingerprint density at radius 3 is 2.10 bits per heavy atom. The number of urea groups is 1. The van der Waals surface area contributed by atoms with E-state index in [1.807, 2.05) is 32.9 Å². The molecule has 0 bridgehead atoms. The summed E-state index contributed by atoms with van der Waals surface area (Å²) in [4.78, 5) is 27.6. The van der Waals surface area contributed by atoms with E-state index < -0.39 is 0 Å². The predicted molar refractivity (Wildman–Crippen MR) is 120 cm³/mol. The third-order valence-corrected chi connectivity index (χ3v) is 5.23. The van der Waals surface area contributed by atoms with Gasteiger partial charge in [-0.1, -0.05) is 13.8 Å². The second-order valence-corrected chi connectivity index (χ2v) is 9.40. The molecule has 2 atom stereocenters. The molecule has 1 aliphatic heterocycles. The lowest BCUT2D eigenvalue weighted by Gasteiger charge is -2.25. The number of hydrogen-bond acceptors (Lipinski definition) is 5. The van der Waals surface area contributed by atoms with Gasteiger partial charge in [0.15, 0.2) is 11.5 Å². The molecule has 8 heteroatoms. The Morgan fingerprint density at radius 1 is 1.06 bits per heavy atom. The molecule has 1 aromatic rings. The lowest BCUT2D eigenvalue weighted by molar-refractivity contribution is -0.125. The summed E-state index contributed by atoms with van der Waals surface area (Å²) < 4.78 is 16.4. The number of nitrogens with zero attached hydrogens (tertiary/aromatic N) is 1. The van der Waals surface area contributed by atoms with Gasteiger partial charge in [0.1, 0.15) is 0 Å². The van der Waals surface area contributed by atoms with E-state index in [0.717, 1.165) is 5.56 Å². The molecule has 0 spiro atoms. The molecule has 1 saturated heterocycles. The standard InChI is InChI=1S/C23H37N3O5/c1-14(2)11-24-21(27)17-13-26(22(28)25-23(3,4)5)12-16(17)15-9-18(29-6)20(31-8)19(10-15)30-7/h9-10,14,16-17H,11-13H2,1-8H3,(H,24,27)(H,25,28)/t16-,17+/m0/s1. The molecule has 0 unspecified atom stereocenters. The monoisotopic (exact) mass is 435 g/mol. The molecule has 1 aliphatic rings. The Balaban J connectivity index is 2.40. The van der Waals surface area contributed by atoms with E-state index in [0.29, 0.717) is 42.8 Å². The quantitative estimate of drug-likeness (QED) is 0.687. The van der Waals surface area contributed by atoms with Crippen molar-refractivity contribution in [2.75, 3.05) is 41.0 Å². The Morgan fingerprint density at radius 2 is 1.65 bits per heavy atom. The fourth-order valence-corrected chi connectivity index (χ4v) is 3.72. The number of benzene rings is 1. The van der Waals surface area contributed by atoms with E-state index >= 15 is 0 Å². The highest BCUT2D eigenvalue weighted by Crippen LogP contribution is 2.43. The number of nitrogens with one attached hydrogen (secondary N) is 2. The summed E-state index contributed by atoms with van der Waals surface area (Å²) in [6.07, 6.45) is 0. The molecular weight excluding hydrogens is 398 g/mol. The minimum Gasteiger partial charge on any atom is -0.493 e. The van der Waals surface area contributed by atoms with Gasteiger partial charge < -0.3 is 29.7 Å². The van der Waals surface area contributed by atoms with Gasteiger partial charge in [-0.2, -0.15) is 0 Å². The van der Waals surface area contributed by atoms with Gasteiger partial charge in [-0.25, -0.2) is 4.79 Å². The number of likely N-dealkylation sites (tertiary alicyclic amines) is 1. The highest BCUT2D eigenvalue weighted by atomic mass is 16.5. The average Bonchev–Trinajstić information content (AvgIpc) is 3.15. The zero-order valence-electron chi connectivity index (χ0n) is 20.0. The second kappa shape index (κ2) is 10.1. The fourth-order valence-electron chi connectivity index (χ4n) is 3.72. The van der Waals surface area contributed by atoms with Gasteiger partial charge in [0.05, 0.1) is 27.2 Å². The Hall–Kier alpha value is -2.64. The molecule has 174 valence electrons. The van der Waals surface area contributed by atoms with Gasteiger partial charge in [0, 0.05) is 31.1 Å². The molecule has 0 saturated carbocycles. The first-order chi connectivity index (χ1) is 14.5. The molecule has 3 amide bonds. The van der Waals surface area contributed by atoms with E-state index in [4.69, 9.17) is 14.2 Å². The number of carbonyl (C=O) groups excluding carboxylic acids is 2. The number of hydrogen-bond donors (Lipinski definition) is 2. The lowest BCUT2D eigenvalue weighted by atomic mass is 9.87. The van der Waals surface area contributed by atoms with E-state index in [1.165, 1.54) is 0 Å². The minimum atomic E-state index is -0.382. The van der Waals surface area contributed by atoms with Crippen LogP contribution in [0.5, 0.6) is 17.2 Å². The predicted octanol–water partition coefficient (Wildman–Crippen LogP) is 3.01. The summed E-state index contributed by atoms with van der Waals surface area (Å²) >= 11 is 0. The number of ether oxygens (including phenoxy) is 3. The second-order valence-electron chi connectivity index (χ2n) is 9.40. The first-order valence-electron chi connectivity index (χ1n) is 10.6. The van der Waals surface area contributed by atoms with Crippen LogP contribution >= 0.6 is 0 Å². The largest absolute Gasteiger partial charge is 0.493 e. The van der Waals surface area contributed by atoms with Crippen molar-refractivity contribution in [3.8, 4) is 17.2 Å².